The molecule has 1 aromatic carbocycles. The standard InChI is InChI=1S/C21H27N3O5/c1-13-7-9-16(11-17(13)27-6)28-18-10-8-15(12-22-18)24-19(25)14(2)23-20(26)29-21(3,4)5/h7-12,14H,1-6H3,(H,23,26)(H,24,25)/t14-/m1/s1. The molecule has 8 heteroatoms. The zero-order valence-corrected chi connectivity index (χ0v) is 17.5. The number of rotatable bonds is 6. The van der Waals surface area contributed by atoms with Gasteiger partial charge in [-0.1, -0.05) is 6.07 Å². The zero-order chi connectivity index (χ0) is 21.6. The molecule has 0 aliphatic heterocycles. The molecule has 2 amide bonds. The minimum Gasteiger partial charge on any atom is -0.496 e. The second-order valence-corrected chi connectivity index (χ2v) is 7.48. The van der Waals surface area contributed by atoms with E-state index in [1.807, 2.05) is 19.1 Å². The van der Waals surface area contributed by atoms with Gasteiger partial charge in [0.25, 0.3) is 0 Å². The molecule has 0 saturated heterocycles. The molecule has 8 nitrogen and oxygen atoms in total. The molecule has 0 aliphatic carbocycles. The summed E-state index contributed by atoms with van der Waals surface area (Å²) in [5, 5.41) is 5.17. The van der Waals surface area contributed by atoms with Crippen LogP contribution < -0.4 is 20.1 Å². The molecule has 0 radical (unpaired) electrons. The smallest absolute Gasteiger partial charge is 0.408 e. The van der Waals surface area contributed by atoms with Gasteiger partial charge in [0.2, 0.25) is 11.8 Å². The maximum absolute atomic E-state index is 12.2. The van der Waals surface area contributed by atoms with Gasteiger partial charge in [0, 0.05) is 12.1 Å². The number of hydrogen-bond donors (Lipinski definition) is 2. The first-order valence-electron chi connectivity index (χ1n) is 9.16. The topological polar surface area (TPSA) is 98.8 Å². The molecule has 1 heterocycles. The molecule has 0 bridgehead atoms. The summed E-state index contributed by atoms with van der Waals surface area (Å²) in [7, 11) is 1.60. The molecule has 156 valence electrons. The van der Waals surface area contributed by atoms with Gasteiger partial charge in [-0.15, -0.1) is 0 Å². The molecule has 1 aromatic heterocycles. The van der Waals surface area contributed by atoms with Crippen molar-refractivity contribution in [3.63, 3.8) is 0 Å². The molecule has 0 saturated carbocycles. The molecular weight excluding hydrogens is 374 g/mol. The molecule has 2 rings (SSSR count). The van der Waals surface area contributed by atoms with Crippen molar-refractivity contribution >= 4 is 17.7 Å². The van der Waals surface area contributed by atoms with E-state index in [4.69, 9.17) is 14.2 Å². The Morgan fingerprint density at radius 3 is 2.45 bits per heavy atom. The number of hydrogen-bond acceptors (Lipinski definition) is 6. The van der Waals surface area contributed by atoms with Crippen molar-refractivity contribution in [3.8, 4) is 17.4 Å². The number of nitrogens with one attached hydrogen (secondary N) is 2. The Hall–Kier alpha value is -3.29. The van der Waals surface area contributed by atoms with Crippen LogP contribution in [0.5, 0.6) is 17.4 Å². The van der Waals surface area contributed by atoms with Crippen LogP contribution >= 0.6 is 0 Å². The molecule has 0 aliphatic rings. The number of methoxy groups -OCH3 is 1. The van der Waals surface area contributed by atoms with E-state index in [9.17, 15) is 9.59 Å². The van der Waals surface area contributed by atoms with Crippen LogP contribution in [-0.2, 0) is 9.53 Å². The van der Waals surface area contributed by atoms with Crippen LogP contribution in [0, 0.1) is 6.92 Å². The third-order valence-corrected chi connectivity index (χ3v) is 3.73. The van der Waals surface area contributed by atoms with E-state index in [0.717, 1.165) is 11.3 Å². The highest BCUT2D eigenvalue weighted by molar-refractivity contribution is 5.96. The Labute approximate surface area is 170 Å². The van der Waals surface area contributed by atoms with Gasteiger partial charge in [-0.05, 0) is 52.3 Å². The normalized spacial score (nSPS) is 11.9. The third-order valence-electron chi connectivity index (χ3n) is 3.73. The van der Waals surface area contributed by atoms with Gasteiger partial charge in [0.05, 0.1) is 19.0 Å². The van der Waals surface area contributed by atoms with Crippen molar-refractivity contribution in [2.75, 3.05) is 12.4 Å². The summed E-state index contributed by atoms with van der Waals surface area (Å²) in [4.78, 5) is 28.2. The van der Waals surface area contributed by atoms with Crippen molar-refractivity contribution in [3.05, 3.63) is 42.1 Å². The second-order valence-electron chi connectivity index (χ2n) is 7.48. The molecule has 2 N–H and O–H groups in total. The lowest BCUT2D eigenvalue weighted by Gasteiger charge is -2.21. The Bertz CT molecular complexity index is 860. The number of carbonyl (C=O) groups is 2. The lowest BCUT2D eigenvalue weighted by molar-refractivity contribution is -0.117. The third kappa shape index (κ3) is 6.99. The van der Waals surface area contributed by atoms with E-state index in [0.29, 0.717) is 17.3 Å². The average Bonchev–Trinajstić information content (AvgIpc) is 2.63. The van der Waals surface area contributed by atoms with Gasteiger partial charge in [-0.2, -0.15) is 0 Å². The van der Waals surface area contributed by atoms with Crippen molar-refractivity contribution in [2.24, 2.45) is 0 Å². The minimum absolute atomic E-state index is 0.369. The van der Waals surface area contributed by atoms with Gasteiger partial charge in [0.1, 0.15) is 23.1 Å². The summed E-state index contributed by atoms with van der Waals surface area (Å²) < 4.78 is 16.1. The fraction of sp³-hybridized carbons (Fsp3) is 0.381. The summed E-state index contributed by atoms with van der Waals surface area (Å²) in [6.07, 6.45) is 0.814. The van der Waals surface area contributed by atoms with Crippen LogP contribution in [-0.4, -0.2) is 35.7 Å². The monoisotopic (exact) mass is 401 g/mol. The quantitative estimate of drug-likeness (QED) is 0.758. The fourth-order valence-electron chi connectivity index (χ4n) is 2.30. The van der Waals surface area contributed by atoms with Crippen LogP contribution in [0.1, 0.15) is 33.3 Å². The Morgan fingerprint density at radius 2 is 1.86 bits per heavy atom. The Morgan fingerprint density at radius 1 is 1.14 bits per heavy atom. The Balaban J connectivity index is 1.93. The number of carbonyl (C=O) groups excluding carboxylic acids is 2. The first kappa shape index (κ1) is 22.0. The maximum Gasteiger partial charge on any atom is 0.408 e. The predicted molar refractivity (Wildman–Crippen MR) is 110 cm³/mol. The van der Waals surface area contributed by atoms with Crippen molar-refractivity contribution in [1.82, 2.24) is 10.3 Å². The fourth-order valence-corrected chi connectivity index (χ4v) is 2.30. The number of alkyl carbamates (subject to hydrolysis) is 1. The summed E-state index contributed by atoms with van der Waals surface area (Å²) in [5.74, 6) is 1.29. The van der Waals surface area contributed by atoms with Crippen molar-refractivity contribution in [1.29, 1.82) is 0 Å². The highest BCUT2D eigenvalue weighted by Crippen LogP contribution is 2.27. The lowest BCUT2D eigenvalue weighted by Crippen LogP contribution is -2.43. The van der Waals surface area contributed by atoms with E-state index < -0.39 is 23.6 Å². The van der Waals surface area contributed by atoms with E-state index >= 15 is 0 Å². The van der Waals surface area contributed by atoms with Gasteiger partial charge in [-0.25, -0.2) is 9.78 Å². The highest BCUT2D eigenvalue weighted by Gasteiger charge is 2.21. The zero-order valence-electron chi connectivity index (χ0n) is 17.5. The first-order chi connectivity index (χ1) is 13.6. The van der Waals surface area contributed by atoms with Crippen LogP contribution in [0.25, 0.3) is 0 Å². The molecule has 0 fully saturated rings. The van der Waals surface area contributed by atoms with E-state index in [-0.39, 0.29) is 0 Å². The summed E-state index contributed by atoms with van der Waals surface area (Å²) >= 11 is 0. The first-order valence-corrected chi connectivity index (χ1v) is 9.16. The largest absolute Gasteiger partial charge is 0.496 e. The highest BCUT2D eigenvalue weighted by atomic mass is 16.6. The minimum atomic E-state index is -0.777. The number of ether oxygens (including phenoxy) is 3. The van der Waals surface area contributed by atoms with Crippen molar-refractivity contribution < 1.29 is 23.8 Å². The van der Waals surface area contributed by atoms with Gasteiger partial charge < -0.3 is 24.8 Å². The number of nitrogens with zero attached hydrogens (tertiary/aromatic N) is 1. The molecule has 0 unspecified atom stereocenters. The van der Waals surface area contributed by atoms with Gasteiger partial charge in [-0.3, -0.25) is 4.79 Å². The summed E-state index contributed by atoms with van der Waals surface area (Å²) in [6, 6.07) is 8.00. The number of aryl methyl sites for hydroxylation is 1. The molecule has 0 spiro atoms. The predicted octanol–water partition coefficient (Wildman–Crippen LogP) is 4.04. The number of anilines is 1. The second kappa shape index (κ2) is 9.27. The van der Waals surface area contributed by atoms with E-state index in [1.54, 1.807) is 53.0 Å². The van der Waals surface area contributed by atoms with Crippen LogP contribution in [0.15, 0.2) is 36.5 Å². The molecular formula is C21H27N3O5. The number of pyridine rings is 1. The molecule has 2 aromatic rings. The van der Waals surface area contributed by atoms with Crippen molar-refractivity contribution in [2.45, 2.75) is 46.3 Å². The maximum atomic E-state index is 12.2. The van der Waals surface area contributed by atoms with Crippen LogP contribution in [0.2, 0.25) is 0 Å². The number of aromatic nitrogens is 1. The summed E-state index contributed by atoms with van der Waals surface area (Å²) in [5.41, 5.74) is 0.836. The Kier molecular flexibility index (Phi) is 7.03. The molecule has 29 heavy (non-hydrogen) atoms. The molecule has 1 atom stereocenters. The van der Waals surface area contributed by atoms with E-state index in [1.165, 1.54) is 6.20 Å². The van der Waals surface area contributed by atoms with Gasteiger partial charge in [0.15, 0.2) is 0 Å². The lowest BCUT2D eigenvalue weighted by atomic mass is 10.2. The SMILES string of the molecule is COc1cc(Oc2ccc(NC(=O)[C@@H](C)NC(=O)OC(C)(C)C)cn2)ccc1C. The summed E-state index contributed by atoms with van der Waals surface area (Å²) in [6.45, 7) is 8.75. The van der Waals surface area contributed by atoms with Crippen LogP contribution in [0.4, 0.5) is 10.5 Å². The number of amides is 2. The van der Waals surface area contributed by atoms with Crippen LogP contribution in [0.3, 0.4) is 0 Å². The van der Waals surface area contributed by atoms with E-state index in [2.05, 4.69) is 15.6 Å². The average molecular weight is 401 g/mol. The number of benzene rings is 1. The van der Waals surface area contributed by atoms with Gasteiger partial charge >= 0.3 is 6.09 Å².